The molecule has 184 valence electrons. The minimum Gasteiger partial charge on any atom is -0.493 e. The molecule has 0 aromatic heterocycles. The van der Waals surface area contributed by atoms with Crippen LogP contribution in [-0.4, -0.2) is 41.3 Å². The number of sulfonamides is 1. The molecule has 0 saturated carbocycles. The SMILES string of the molecule is COc1ccc(S(=O)(=O)N(CC(=O)N/N=C\c2c(F)cccc2Cl)c2ccc(C)cc2)cc1OC. The molecule has 0 heterocycles. The molecule has 11 heteroatoms. The van der Waals surface area contributed by atoms with Crippen LogP contribution in [0.4, 0.5) is 10.1 Å². The van der Waals surface area contributed by atoms with E-state index in [9.17, 15) is 17.6 Å². The first-order chi connectivity index (χ1) is 16.7. The first-order valence-electron chi connectivity index (χ1n) is 10.2. The van der Waals surface area contributed by atoms with Gasteiger partial charge in [-0.25, -0.2) is 18.2 Å². The number of nitrogens with one attached hydrogen (secondary N) is 1. The van der Waals surface area contributed by atoms with Crippen LogP contribution < -0.4 is 19.2 Å². The van der Waals surface area contributed by atoms with E-state index in [4.69, 9.17) is 21.1 Å². The summed E-state index contributed by atoms with van der Waals surface area (Å²) < 4.78 is 52.3. The Kier molecular flexibility index (Phi) is 8.31. The third kappa shape index (κ3) is 6.09. The Labute approximate surface area is 208 Å². The lowest BCUT2D eigenvalue weighted by Crippen LogP contribution is -2.39. The van der Waals surface area contributed by atoms with Crippen molar-refractivity contribution >= 4 is 39.4 Å². The van der Waals surface area contributed by atoms with E-state index in [0.717, 1.165) is 16.1 Å². The Bertz CT molecular complexity index is 1330. The van der Waals surface area contributed by atoms with Gasteiger partial charge < -0.3 is 9.47 Å². The van der Waals surface area contributed by atoms with Crippen LogP contribution in [0.25, 0.3) is 0 Å². The molecule has 35 heavy (non-hydrogen) atoms. The molecule has 1 amide bonds. The molecule has 0 radical (unpaired) electrons. The molecule has 0 unspecified atom stereocenters. The number of aryl methyl sites for hydroxylation is 1. The molecule has 0 aliphatic heterocycles. The van der Waals surface area contributed by atoms with Crippen LogP contribution >= 0.6 is 11.6 Å². The number of anilines is 1. The summed E-state index contributed by atoms with van der Waals surface area (Å²) in [6.45, 7) is 1.26. The number of rotatable bonds is 9. The molecule has 3 aromatic rings. The maximum atomic E-state index is 13.9. The number of nitrogens with zero attached hydrogens (tertiary/aromatic N) is 2. The molecule has 0 fully saturated rings. The highest BCUT2D eigenvalue weighted by atomic mass is 35.5. The Morgan fingerprint density at radius 2 is 1.77 bits per heavy atom. The monoisotopic (exact) mass is 519 g/mol. The fourth-order valence-electron chi connectivity index (χ4n) is 3.10. The van der Waals surface area contributed by atoms with E-state index in [1.54, 1.807) is 24.3 Å². The first kappa shape index (κ1) is 26.0. The summed E-state index contributed by atoms with van der Waals surface area (Å²) in [6, 6.07) is 14.9. The molecule has 0 spiro atoms. The van der Waals surface area contributed by atoms with Crippen molar-refractivity contribution in [1.29, 1.82) is 0 Å². The van der Waals surface area contributed by atoms with Crippen molar-refractivity contribution < 1.29 is 27.1 Å². The molecule has 0 atom stereocenters. The lowest BCUT2D eigenvalue weighted by molar-refractivity contribution is -0.119. The third-order valence-corrected chi connectivity index (χ3v) is 7.03. The second-order valence-electron chi connectivity index (χ2n) is 7.29. The van der Waals surface area contributed by atoms with Gasteiger partial charge in [-0.1, -0.05) is 35.4 Å². The zero-order chi connectivity index (χ0) is 25.6. The van der Waals surface area contributed by atoms with Crippen molar-refractivity contribution in [1.82, 2.24) is 5.43 Å². The van der Waals surface area contributed by atoms with Crippen molar-refractivity contribution in [3.8, 4) is 11.5 Å². The van der Waals surface area contributed by atoms with Gasteiger partial charge in [-0.2, -0.15) is 5.10 Å². The van der Waals surface area contributed by atoms with Gasteiger partial charge in [0, 0.05) is 11.6 Å². The summed E-state index contributed by atoms with van der Waals surface area (Å²) in [5.74, 6) is -0.799. The van der Waals surface area contributed by atoms with Crippen LogP contribution in [0.1, 0.15) is 11.1 Å². The third-order valence-electron chi connectivity index (χ3n) is 4.93. The average molecular weight is 520 g/mol. The maximum Gasteiger partial charge on any atom is 0.264 e. The Hall–Kier alpha value is -3.63. The van der Waals surface area contributed by atoms with Crippen molar-refractivity contribution in [2.45, 2.75) is 11.8 Å². The summed E-state index contributed by atoms with van der Waals surface area (Å²) in [5, 5.41) is 3.83. The number of benzene rings is 3. The van der Waals surface area contributed by atoms with E-state index < -0.39 is 28.3 Å². The topological polar surface area (TPSA) is 97.3 Å². The van der Waals surface area contributed by atoms with Crippen LogP contribution in [0, 0.1) is 12.7 Å². The number of hydrogen-bond acceptors (Lipinski definition) is 6. The van der Waals surface area contributed by atoms with Gasteiger partial charge in [0.2, 0.25) is 0 Å². The number of hydrazone groups is 1. The molecule has 8 nitrogen and oxygen atoms in total. The van der Waals surface area contributed by atoms with Crippen molar-refractivity contribution in [3.05, 3.63) is 82.6 Å². The molecular weight excluding hydrogens is 497 g/mol. The summed E-state index contributed by atoms with van der Waals surface area (Å²) >= 11 is 5.95. The molecule has 0 saturated heterocycles. The Morgan fingerprint density at radius 1 is 1.09 bits per heavy atom. The van der Waals surface area contributed by atoms with Crippen LogP contribution in [0.3, 0.4) is 0 Å². The van der Waals surface area contributed by atoms with E-state index in [-0.39, 0.29) is 26.9 Å². The predicted molar refractivity (Wildman–Crippen MR) is 132 cm³/mol. The summed E-state index contributed by atoms with van der Waals surface area (Å²) in [6.07, 6.45) is 1.05. The number of ether oxygens (including phenoxy) is 2. The highest BCUT2D eigenvalue weighted by Crippen LogP contribution is 2.32. The van der Waals surface area contributed by atoms with E-state index in [2.05, 4.69) is 10.5 Å². The minimum atomic E-state index is -4.21. The van der Waals surface area contributed by atoms with Gasteiger partial charge in [0.1, 0.15) is 12.4 Å². The van der Waals surface area contributed by atoms with Crippen LogP contribution in [0.15, 0.2) is 70.7 Å². The average Bonchev–Trinajstić information content (AvgIpc) is 2.84. The number of amides is 1. The lowest BCUT2D eigenvalue weighted by atomic mass is 10.2. The fourth-order valence-corrected chi connectivity index (χ4v) is 4.75. The summed E-state index contributed by atoms with van der Waals surface area (Å²) in [5.41, 5.74) is 3.38. The summed E-state index contributed by atoms with van der Waals surface area (Å²) in [7, 11) is -1.38. The first-order valence-corrected chi connectivity index (χ1v) is 12.1. The van der Waals surface area contributed by atoms with Crippen molar-refractivity contribution in [2.24, 2.45) is 5.10 Å². The van der Waals surface area contributed by atoms with Gasteiger partial charge in [0.25, 0.3) is 15.9 Å². The summed E-state index contributed by atoms with van der Waals surface area (Å²) in [4.78, 5) is 12.5. The molecule has 3 aromatic carbocycles. The lowest BCUT2D eigenvalue weighted by Gasteiger charge is -2.24. The highest BCUT2D eigenvalue weighted by Gasteiger charge is 2.28. The Balaban J connectivity index is 1.91. The van der Waals surface area contributed by atoms with E-state index in [1.165, 1.54) is 50.6 Å². The smallest absolute Gasteiger partial charge is 0.264 e. The predicted octanol–water partition coefficient (Wildman–Crippen LogP) is 4.15. The zero-order valence-electron chi connectivity index (χ0n) is 19.2. The largest absolute Gasteiger partial charge is 0.493 e. The number of hydrogen-bond donors (Lipinski definition) is 1. The quantitative estimate of drug-likeness (QED) is 0.338. The zero-order valence-corrected chi connectivity index (χ0v) is 20.7. The van der Waals surface area contributed by atoms with Crippen LogP contribution in [0.2, 0.25) is 5.02 Å². The highest BCUT2D eigenvalue weighted by molar-refractivity contribution is 7.92. The van der Waals surface area contributed by atoms with Gasteiger partial charge >= 0.3 is 0 Å². The van der Waals surface area contributed by atoms with Gasteiger partial charge in [0.15, 0.2) is 11.5 Å². The minimum absolute atomic E-state index is 0.0113. The molecular formula is C24H23ClFN3O5S. The second kappa shape index (κ2) is 11.2. The van der Waals surface area contributed by atoms with Crippen molar-refractivity contribution in [3.63, 3.8) is 0 Å². The second-order valence-corrected chi connectivity index (χ2v) is 9.56. The Morgan fingerprint density at radius 3 is 2.40 bits per heavy atom. The van der Waals surface area contributed by atoms with Crippen LogP contribution in [0.5, 0.6) is 11.5 Å². The number of methoxy groups -OCH3 is 2. The normalized spacial score (nSPS) is 11.3. The number of carbonyl (C=O) groups excluding carboxylic acids is 1. The van der Waals surface area contributed by atoms with Gasteiger partial charge in [-0.15, -0.1) is 0 Å². The van der Waals surface area contributed by atoms with Gasteiger partial charge in [0.05, 0.1) is 36.0 Å². The van der Waals surface area contributed by atoms with Gasteiger partial charge in [-0.05, 0) is 43.3 Å². The van der Waals surface area contributed by atoms with Crippen LogP contribution in [-0.2, 0) is 14.8 Å². The van der Waals surface area contributed by atoms with Gasteiger partial charge in [-0.3, -0.25) is 9.10 Å². The van der Waals surface area contributed by atoms with E-state index >= 15 is 0 Å². The molecule has 0 aliphatic rings. The maximum absolute atomic E-state index is 13.9. The fraction of sp³-hybridized carbons (Fsp3) is 0.167. The van der Waals surface area contributed by atoms with Crippen molar-refractivity contribution in [2.75, 3.05) is 25.1 Å². The molecule has 0 bridgehead atoms. The molecule has 0 aliphatic carbocycles. The molecule has 3 rings (SSSR count). The molecule has 1 N–H and O–H groups in total. The number of carbonyl (C=O) groups is 1. The number of halogens is 2. The van der Waals surface area contributed by atoms with E-state index in [0.29, 0.717) is 5.75 Å². The standard InChI is InChI=1S/C24H23ClFN3O5S/c1-16-7-9-17(10-8-16)29(35(31,32)18-11-12-22(33-2)23(13-18)34-3)15-24(30)28-27-14-19-20(25)5-4-6-21(19)26/h4-14H,15H2,1-3H3,(H,28,30)/b27-14-. The van der Waals surface area contributed by atoms with E-state index in [1.807, 2.05) is 6.92 Å².